The van der Waals surface area contributed by atoms with E-state index >= 15 is 0 Å². The summed E-state index contributed by atoms with van der Waals surface area (Å²) >= 11 is 0. The van der Waals surface area contributed by atoms with Crippen molar-refractivity contribution in [1.82, 2.24) is 9.97 Å². The van der Waals surface area contributed by atoms with E-state index in [4.69, 9.17) is 0 Å². The molecule has 0 aromatic carbocycles. The summed E-state index contributed by atoms with van der Waals surface area (Å²) in [6.45, 7) is 1.98. The minimum atomic E-state index is 0.962. The Morgan fingerprint density at radius 1 is 0.650 bits per heavy atom. The van der Waals surface area contributed by atoms with Gasteiger partial charge in [-0.05, 0) is 37.1 Å². The second-order valence-electron chi connectivity index (χ2n) is 4.70. The fourth-order valence-corrected chi connectivity index (χ4v) is 1.97. The Morgan fingerprint density at radius 2 is 1.15 bits per heavy atom. The van der Waals surface area contributed by atoms with Crippen LogP contribution in [0.5, 0.6) is 0 Å². The molecule has 4 nitrogen and oxygen atoms in total. The molecule has 0 unspecified atom stereocenters. The quantitative estimate of drug-likeness (QED) is 0.684. The summed E-state index contributed by atoms with van der Waals surface area (Å²) in [5.41, 5.74) is 0. The lowest BCUT2D eigenvalue weighted by Gasteiger charge is -2.06. The van der Waals surface area contributed by atoms with Crippen LogP contribution >= 0.6 is 0 Å². The van der Waals surface area contributed by atoms with E-state index in [-0.39, 0.29) is 0 Å². The van der Waals surface area contributed by atoms with Gasteiger partial charge in [0.1, 0.15) is 11.6 Å². The van der Waals surface area contributed by atoms with Gasteiger partial charge in [-0.25, -0.2) is 9.97 Å². The molecule has 0 aliphatic carbocycles. The van der Waals surface area contributed by atoms with Gasteiger partial charge < -0.3 is 10.6 Å². The third-order valence-electron chi connectivity index (χ3n) is 3.05. The minimum Gasteiger partial charge on any atom is -0.370 e. The summed E-state index contributed by atoms with van der Waals surface area (Å²) < 4.78 is 0. The number of anilines is 2. The van der Waals surface area contributed by atoms with E-state index in [2.05, 4.69) is 20.6 Å². The fraction of sp³-hybridized carbons (Fsp3) is 0.375. The molecule has 2 aromatic heterocycles. The first-order valence-corrected chi connectivity index (χ1v) is 7.25. The molecule has 0 aliphatic rings. The van der Waals surface area contributed by atoms with Crippen LogP contribution < -0.4 is 10.6 Å². The number of hydrogen-bond acceptors (Lipinski definition) is 4. The first-order valence-electron chi connectivity index (χ1n) is 7.25. The number of unbranched alkanes of at least 4 members (excludes halogenated alkanes) is 3. The SMILES string of the molecule is c1ccc(NCCCCCCNc2ccccn2)nc1. The smallest absolute Gasteiger partial charge is 0.125 e. The van der Waals surface area contributed by atoms with E-state index in [1.807, 2.05) is 48.8 Å². The molecule has 2 N–H and O–H groups in total. The van der Waals surface area contributed by atoms with Crippen LogP contribution in [0.2, 0.25) is 0 Å². The third-order valence-corrected chi connectivity index (χ3v) is 3.05. The molecule has 0 saturated carbocycles. The highest BCUT2D eigenvalue weighted by Gasteiger charge is 1.94. The zero-order valence-electron chi connectivity index (χ0n) is 11.8. The van der Waals surface area contributed by atoms with Gasteiger partial charge in [0.05, 0.1) is 0 Å². The molecule has 2 heterocycles. The summed E-state index contributed by atoms with van der Waals surface area (Å²) in [7, 11) is 0. The zero-order chi connectivity index (χ0) is 13.9. The standard InChI is InChI=1S/C16H22N4/c1(5-11-17-15-9-3-7-13-19-15)2-6-12-18-16-10-4-8-14-20-16/h3-4,7-10,13-14H,1-2,5-6,11-12H2,(H,17,19)(H,18,20). The van der Waals surface area contributed by atoms with Gasteiger partial charge in [0, 0.05) is 25.5 Å². The van der Waals surface area contributed by atoms with Gasteiger partial charge in [0.15, 0.2) is 0 Å². The zero-order valence-corrected chi connectivity index (χ0v) is 11.8. The van der Waals surface area contributed by atoms with Gasteiger partial charge in [-0.2, -0.15) is 0 Å². The number of aromatic nitrogens is 2. The second-order valence-corrected chi connectivity index (χ2v) is 4.70. The molecule has 0 radical (unpaired) electrons. The maximum atomic E-state index is 4.23. The molecule has 106 valence electrons. The molecule has 2 aromatic rings. The van der Waals surface area contributed by atoms with Crippen molar-refractivity contribution in [2.75, 3.05) is 23.7 Å². The summed E-state index contributed by atoms with van der Waals surface area (Å²) in [6, 6.07) is 11.9. The van der Waals surface area contributed by atoms with Crippen molar-refractivity contribution < 1.29 is 0 Å². The Labute approximate surface area is 120 Å². The van der Waals surface area contributed by atoms with Crippen LogP contribution in [0, 0.1) is 0 Å². The summed E-state index contributed by atoms with van der Waals surface area (Å²) in [4.78, 5) is 8.46. The lowest BCUT2D eigenvalue weighted by molar-refractivity contribution is 0.669. The van der Waals surface area contributed by atoms with E-state index in [0.29, 0.717) is 0 Å². The molecule has 20 heavy (non-hydrogen) atoms. The lowest BCUT2D eigenvalue weighted by Crippen LogP contribution is -2.04. The molecular formula is C16H22N4. The summed E-state index contributed by atoms with van der Waals surface area (Å²) in [6.07, 6.45) is 8.46. The molecule has 0 atom stereocenters. The first-order chi connectivity index (χ1) is 9.95. The Kier molecular flexibility index (Phi) is 6.37. The highest BCUT2D eigenvalue weighted by molar-refractivity contribution is 5.33. The van der Waals surface area contributed by atoms with Crippen LogP contribution in [0.25, 0.3) is 0 Å². The van der Waals surface area contributed by atoms with Crippen LogP contribution in [0.1, 0.15) is 25.7 Å². The molecule has 0 amide bonds. The van der Waals surface area contributed by atoms with Crippen molar-refractivity contribution in [3.05, 3.63) is 48.8 Å². The van der Waals surface area contributed by atoms with Crippen LogP contribution in [0.4, 0.5) is 11.6 Å². The Balaban J connectivity index is 1.44. The molecule has 0 fully saturated rings. The van der Waals surface area contributed by atoms with Gasteiger partial charge >= 0.3 is 0 Å². The van der Waals surface area contributed by atoms with Crippen LogP contribution in [0.15, 0.2) is 48.8 Å². The number of nitrogens with one attached hydrogen (secondary N) is 2. The van der Waals surface area contributed by atoms with Crippen LogP contribution in [-0.2, 0) is 0 Å². The first kappa shape index (κ1) is 14.3. The van der Waals surface area contributed by atoms with Crippen LogP contribution in [0.3, 0.4) is 0 Å². The van der Waals surface area contributed by atoms with Crippen molar-refractivity contribution >= 4 is 11.6 Å². The maximum absolute atomic E-state index is 4.23. The molecule has 2 rings (SSSR count). The van der Waals surface area contributed by atoms with Crippen molar-refractivity contribution in [3.63, 3.8) is 0 Å². The van der Waals surface area contributed by atoms with Crippen molar-refractivity contribution in [2.24, 2.45) is 0 Å². The summed E-state index contributed by atoms with van der Waals surface area (Å²) in [5, 5.41) is 6.65. The predicted molar refractivity (Wildman–Crippen MR) is 83.9 cm³/mol. The van der Waals surface area contributed by atoms with E-state index in [0.717, 1.165) is 24.7 Å². The largest absolute Gasteiger partial charge is 0.370 e. The average molecular weight is 270 g/mol. The molecule has 0 spiro atoms. The van der Waals surface area contributed by atoms with Crippen molar-refractivity contribution in [2.45, 2.75) is 25.7 Å². The second kappa shape index (κ2) is 8.91. The molecule has 0 aliphatic heterocycles. The monoisotopic (exact) mass is 270 g/mol. The molecule has 4 heteroatoms. The topological polar surface area (TPSA) is 49.8 Å². The van der Waals surface area contributed by atoms with Crippen LogP contribution in [-0.4, -0.2) is 23.1 Å². The van der Waals surface area contributed by atoms with Gasteiger partial charge in [0.25, 0.3) is 0 Å². The number of nitrogens with zero attached hydrogens (tertiary/aromatic N) is 2. The molecule has 0 saturated heterocycles. The third kappa shape index (κ3) is 5.69. The van der Waals surface area contributed by atoms with E-state index in [1.54, 1.807) is 0 Å². The predicted octanol–water partition coefficient (Wildman–Crippen LogP) is 3.56. The van der Waals surface area contributed by atoms with Gasteiger partial charge in [-0.3, -0.25) is 0 Å². The fourth-order valence-electron chi connectivity index (χ4n) is 1.97. The summed E-state index contributed by atoms with van der Waals surface area (Å²) in [5.74, 6) is 1.92. The molecule has 0 bridgehead atoms. The highest BCUT2D eigenvalue weighted by atomic mass is 15.0. The average Bonchev–Trinajstić information content (AvgIpc) is 2.52. The lowest BCUT2D eigenvalue weighted by atomic mass is 10.2. The highest BCUT2D eigenvalue weighted by Crippen LogP contribution is 2.05. The van der Waals surface area contributed by atoms with Gasteiger partial charge in [0.2, 0.25) is 0 Å². The number of rotatable bonds is 9. The molecular weight excluding hydrogens is 248 g/mol. The Bertz CT molecular complexity index is 413. The van der Waals surface area contributed by atoms with E-state index in [1.165, 1.54) is 25.7 Å². The number of pyridine rings is 2. The van der Waals surface area contributed by atoms with Gasteiger partial charge in [-0.1, -0.05) is 25.0 Å². The van der Waals surface area contributed by atoms with Gasteiger partial charge in [-0.15, -0.1) is 0 Å². The minimum absolute atomic E-state index is 0.962. The van der Waals surface area contributed by atoms with E-state index in [9.17, 15) is 0 Å². The normalized spacial score (nSPS) is 10.2. The Hall–Kier alpha value is -2.10. The van der Waals surface area contributed by atoms with E-state index < -0.39 is 0 Å². The number of hydrogen-bond donors (Lipinski definition) is 2. The maximum Gasteiger partial charge on any atom is 0.125 e. The Morgan fingerprint density at radius 3 is 1.55 bits per heavy atom. The van der Waals surface area contributed by atoms with Crippen molar-refractivity contribution in [3.8, 4) is 0 Å². The van der Waals surface area contributed by atoms with Crippen molar-refractivity contribution in [1.29, 1.82) is 0 Å².